The summed E-state index contributed by atoms with van der Waals surface area (Å²) in [6.07, 6.45) is -0.195. The Bertz CT molecular complexity index is 564. The third kappa shape index (κ3) is 2.99. The summed E-state index contributed by atoms with van der Waals surface area (Å²) in [5, 5.41) is 0. The zero-order valence-electron chi connectivity index (χ0n) is 10.9. The molecule has 0 spiro atoms. The van der Waals surface area contributed by atoms with Gasteiger partial charge in [0.1, 0.15) is 0 Å². The summed E-state index contributed by atoms with van der Waals surface area (Å²) in [4.78, 5) is 0. The topological polar surface area (TPSA) is 26.0 Å². The van der Waals surface area contributed by atoms with Crippen LogP contribution in [-0.2, 0) is 12.5 Å². The van der Waals surface area contributed by atoms with E-state index < -0.39 is 5.92 Å². The first-order chi connectivity index (χ1) is 9.06. The van der Waals surface area contributed by atoms with Gasteiger partial charge in [-0.05, 0) is 28.8 Å². The summed E-state index contributed by atoms with van der Waals surface area (Å²) in [7, 11) is 0. The van der Waals surface area contributed by atoms with Crippen molar-refractivity contribution in [3.63, 3.8) is 0 Å². The first-order valence-corrected chi connectivity index (χ1v) is 6.34. The number of hydrogen-bond acceptors (Lipinski definition) is 1. The van der Waals surface area contributed by atoms with Crippen LogP contribution < -0.4 is 5.73 Å². The summed E-state index contributed by atoms with van der Waals surface area (Å²) in [6.45, 7) is 1.93. The highest BCUT2D eigenvalue weighted by Crippen LogP contribution is 2.33. The lowest BCUT2D eigenvalue weighted by Crippen LogP contribution is -2.11. The molecular formula is C16H17F2N. The van der Waals surface area contributed by atoms with Gasteiger partial charge in [0.25, 0.3) is 5.92 Å². The fourth-order valence-electron chi connectivity index (χ4n) is 2.01. The Balaban J connectivity index is 2.43. The van der Waals surface area contributed by atoms with Gasteiger partial charge in [-0.1, -0.05) is 43.3 Å². The van der Waals surface area contributed by atoms with Gasteiger partial charge in [-0.3, -0.25) is 0 Å². The Morgan fingerprint density at radius 2 is 1.63 bits per heavy atom. The molecule has 0 amide bonds. The zero-order chi connectivity index (χ0) is 13.9. The van der Waals surface area contributed by atoms with E-state index in [1.165, 1.54) is 13.0 Å². The molecule has 0 fully saturated rings. The predicted molar refractivity (Wildman–Crippen MR) is 74.0 cm³/mol. The molecule has 0 aliphatic heterocycles. The minimum atomic E-state index is -2.78. The first-order valence-electron chi connectivity index (χ1n) is 6.34. The third-order valence-electron chi connectivity index (χ3n) is 3.22. The molecule has 1 nitrogen and oxygen atoms in total. The molecule has 0 heterocycles. The molecule has 0 bridgehead atoms. The third-order valence-corrected chi connectivity index (χ3v) is 3.22. The van der Waals surface area contributed by atoms with Gasteiger partial charge in [-0.25, -0.2) is 8.78 Å². The van der Waals surface area contributed by atoms with Crippen LogP contribution >= 0.6 is 0 Å². The Morgan fingerprint density at radius 1 is 1.00 bits per heavy atom. The number of alkyl halides is 2. The van der Waals surface area contributed by atoms with Crippen LogP contribution in [0.15, 0.2) is 48.5 Å². The van der Waals surface area contributed by atoms with Gasteiger partial charge in [0, 0.05) is 18.5 Å². The average molecular weight is 261 g/mol. The van der Waals surface area contributed by atoms with Crippen molar-refractivity contribution in [2.45, 2.75) is 25.8 Å². The maximum absolute atomic E-state index is 13.7. The molecule has 2 N–H and O–H groups in total. The number of halogens is 2. The average Bonchev–Trinajstić information content (AvgIpc) is 2.47. The summed E-state index contributed by atoms with van der Waals surface area (Å²) >= 11 is 0. The largest absolute Gasteiger partial charge is 0.326 e. The zero-order valence-corrected chi connectivity index (χ0v) is 10.9. The van der Waals surface area contributed by atoms with Crippen LogP contribution in [0.25, 0.3) is 11.1 Å². The van der Waals surface area contributed by atoms with Crippen LogP contribution in [0, 0.1) is 0 Å². The summed E-state index contributed by atoms with van der Waals surface area (Å²) in [5.74, 6) is -2.78. The lowest BCUT2D eigenvalue weighted by Gasteiger charge is -2.15. The molecule has 0 aliphatic rings. The highest BCUT2D eigenvalue weighted by Gasteiger charge is 2.28. The van der Waals surface area contributed by atoms with E-state index in [1.54, 1.807) is 12.1 Å². The monoisotopic (exact) mass is 261 g/mol. The molecule has 0 unspecified atom stereocenters. The summed E-state index contributed by atoms with van der Waals surface area (Å²) in [6, 6.07) is 14.2. The molecular weight excluding hydrogens is 244 g/mol. The second-order valence-electron chi connectivity index (χ2n) is 4.54. The number of benzene rings is 2. The molecule has 100 valence electrons. The van der Waals surface area contributed by atoms with E-state index >= 15 is 0 Å². The maximum Gasteiger partial charge on any atom is 0.273 e. The van der Waals surface area contributed by atoms with Gasteiger partial charge >= 0.3 is 0 Å². The van der Waals surface area contributed by atoms with Gasteiger partial charge in [0.2, 0.25) is 0 Å². The minimum absolute atomic E-state index is 0.0608. The molecule has 2 rings (SSSR count). The van der Waals surface area contributed by atoms with Crippen molar-refractivity contribution in [2.24, 2.45) is 5.73 Å². The smallest absolute Gasteiger partial charge is 0.273 e. The number of hydrogen-bond donors (Lipinski definition) is 1. The molecule has 0 atom stereocenters. The van der Waals surface area contributed by atoms with Crippen LogP contribution in [0.5, 0.6) is 0 Å². The van der Waals surface area contributed by atoms with Gasteiger partial charge in [-0.2, -0.15) is 0 Å². The quantitative estimate of drug-likeness (QED) is 0.871. The molecule has 0 aliphatic carbocycles. The molecule has 2 aromatic rings. The Kier molecular flexibility index (Phi) is 3.96. The van der Waals surface area contributed by atoms with Crippen LogP contribution in [0.2, 0.25) is 0 Å². The van der Waals surface area contributed by atoms with E-state index in [-0.39, 0.29) is 12.0 Å². The Morgan fingerprint density at radius 3 is 2.26 bits per heavy atom. The van der Waals surface area contributed by atoms with Crippen LogP contribution in [0.4, 0.5) is 8.78 Å². The normalized spacial score (nSPS) is 11.6. The molecule has 2 aromatic carbocycles. The lowest BCUT2D eigenvalue weighted by atomic mass is 9.98. The molecule has 0 saturated heterocycles. The van der Waals surface area contributed by atoms with Crippen molar-refractivity contribution in [1.29, 1.82) is 0 Å². The van der Waals surface area contributed by atoms with E-state index in [9.17, 15) is 8.78 Å². The molecule has 0 aromatic heterocycles. The van der Waals surface area contributed by atoms with E-state index in [1.807, 2.05) is 30.3 Å². The second-order valence-corrected chi connectivity index (χ2v) is 4.54. The molecule has 0 saturated carbocycles. The first kappa shape index (κ1) is 13.7. The van der Waals surface area contributed by atoms with Crippen molar-refractivity contribution in [1.82, 2.24) is 0 Å². The van der Waals surface area contributed by atoms with E-state index in [0.29, 0.717) is 6.54 Å². The maximum atomic E-state index is 13.7. The Hall–Kier alpha value is -1.74. The van der Waals surface area contributed by atoms with Crippen molar-refractivity contribution in [3.05, 3.63) is 59.7 Å². The van der Waals surface area contributed by atoms with Crippen LogP contribution in [0.1, 0.15) is 24.5 Å². The summed E-state index contributed by atoms with van der Waals surface area (Å²) < 4.78 is 27.4. The standard InChI is InChI=1S/C16H17F2N/c1-2-16(17,18)15-8-4-7-14(10-15)13-6-3-5-12(9-13)11-19/h3-10H,2,11,19H2,1H3. The van der Waals surface area contributed by atoms with Crippen molar-refractivity contribution >= 4 is 0 Å². The minimum Gasteiger partial charge on any atom is -0.326 e. The highest BCUT2D eigenvalue weighted by atomic mass is 19.3. The van der Waals surface area contributed by atoms with E-state index in [0.717, 1.165) is 16.7 Å². The van der Waals surface area contributed by atoms with Gasteiger partial charge in [0.15, 0.2) is 0 Å². The predicted octanol–water partition coefficient (Wildman–Crippen LogP) is 4.31. The van der Waals surface area contributed by atoms with Crippen LogP contribution in [0.3, 0.4) is 0 Å². The highest BCUT2D eigenvalue weighted by molar-refractivity contribution is 5.65. The van der Waals surface area contributed by atoms with E-state index in [4.69, 9.17) is 5.73 Å². The number of nitrogens with two attached hydrogens (primary N) is 1. The van der Waals surface area contributed by atoms with Gasteiger partial charge in [0.05, 0.1) is 0 Å². The second kappa shape index (κ2) is 5.49. The lowest BCUT2D eigenvalue weighted by molar-refractivity contribution is -0.00824. The fraction of sp³-hybridized carbons (Fsp3) is 0.250. The number of rotatable bonds is 4. The van der Waals surface area contributed by atoms with Crippen molar-refractivity contribution in [2.75, 3.05) is 0 Å². The van der Waals surface area contributed by atoms with Crippen LogP contribution in [-0.4, -0.2) is 0 Å². The van der Waals surface area contributed by atoms with Crippen molar-refractivity contribution in [3.8, 4) is 11.1 Å². The molecule has 0 radical (unpaired) electrons. The molecule has 3 heteroatoms. The Labute approximate surface area is 112 Å². The summed E-state index contributed by atoms with van der Waals surface area (Å²) in [5.41, 5.74) is 8.36. The van der Waals surface area contributed by atoms with Crippen molar-refractivity contribution < 1.29 is 8.78 Å². The molecule has 19 heavy (non-hydrogen) atoms. The van der Waals surface area contributed by atoms with Gasteiger partial charge in [-0.15, -0.1) is 0 Å². The van der Waals surface area contributed by atoms with E-state index in [2.05, 4.69) is 0 Å². The SMILES string of the molecule is CCC(F)(F)c1cccc(-c2cccc(CN)c2)c1. The fourth-order valence-corrected chi connectivity index (χ4v) is 2.01. The van der Waals surface area contributed by atoms with Gasteiger partial charge < -0.3 is 5.73 Å².